The highest BCUT2D eigenvalue weighted by molar-refractivity contribution is 7.20. The molecule has 1 aromatic carbocycles. The van der Waals surface area contributed by atoms with Crippen molar-refractivity contribution in [2.75, 3.05) is 0 Å². The van der Waals surface area contributed by atoms with Crippen molar-refractivity contribution in [1.29, 1.82) is 0 Å². The van der Waals surface area contributed by atoms with Crippen LogP contribution in [0.15, 0.2) is 39.9 Å². The summed E-state index contributed by atoms with van der Waals surface area (Å²) in [5.74, 6) is 4.98. The molecule has 0 amide bonds. The summed E-state index contributed by atoms with van der Waals surface area (Å²) < 4.78 is 5.63. The number of benzene rings is 1. The predicted octanol–water partition coefficient (Wildman–Crippen LogP) is 2.42. The van der Waals surface area contributed by atoms with Crippen molar-refractivity contribution in [3.05, 3.63) is 61.3 Å². The zero-order valence-electron chi connectivity index (χ0n) is 11.2. The Morgan fingerprint density at radius 2 is 2.00 bits per heavy atom. The number of nitro benzene ring substituents is 1. The SMILES string of the molecule is NN=C(c1ccc([N+](=O)[O-])o1)c1nc2ccc([N+](=O)[O-])cc2s1. The third kappa shape index (κ3) is 2.60. The first-order valence-electron chi connectivity index (χ1n) is 6.07. The first-order valence-corrected chi connectivity index (χ1v) is 6.89. The lowest BCUT2D eigenvalue weighted by molar-refractivity contribution is -0.402. The molecule has 2 aromatic heterocycles. The summed E-state index contributed by atoms with van der Waals surface area (Å²) in [5, 5.41) is 25.4. The smallest absolute Gasteiger partial charge is 0.399 e. The third-order valence-electron chi connectivity index (χ3n) is 2.92. The maximum Gasteiger partial charge on any atom is 0.433 e. The molecule has 0 aliphatic heterocycles. The van der Waals surface area contributed by atoms with Gasteiger partial charge < -0.3 is 10.3 Å². The number of hydrogen-bond donors (Lipinski definition) is 1. The molecule has 0 saturated heterocycles. The molecule has 10 nitrogen and oxygen atoms in total. The highest BCUT2D eigenvalue weighted by atomic mass is 32.1. The van der Waals surface area contributed by atoms with Crippen LogP contribution >= 0.6 is 11.3 Å². The number of fused-ring (bicyclic) bond motifs is 1. The summed E-state index contributed by atoms with van der Waals surface area (Å²) in [6.07, 6.45) is 0. The number of hydrazone groups is 1. The number of hydrogen-bond acceptors (Lipinski definition) is 9. The zero-order chi connectivity index (χ0) is 16.6. The van der Waals surface area contributed by atoms with E-state index in [0.717, 1.165) is 11.3 Å². The number of nitrogens with zero attached hydrogens (tertiary/aromatic N) is 4. The lowest BCUT2D eigenvalue weighted by Gasteiger charge is -1.95. The van der Waals surface area contributed by atoms with Gasteiger partial charge in [-0.15, -0.1) is 11.3 Å². The molecular formula is C12H7N5O5S. The van der Waals surface area contributed by atoms with Crippen LogP contribution in [-0.2, 0) is 0 Å². The van der Waals surface area contributed by atoms with E-state index < -0.39 is 15.7 Å². The van der Waals surface area contributed by atoms with Gasteiger partial charge in [-0.3, -0.25) is 20.2 Å². The Labute approximate surface area is 131 Å². The van der Waals surface area contributed by atoms with Crippen LogP contribution in [0.1, 0.15) is 10.8 Å². The van der Waals surface area contributed by atoms with E-state index in [4.69, 9.17) is 10.3 Å². The molecule has 23 heavy (non-hydrogen) atoms. The van der Waals surface area contributed by atoms with Gasteiger partial charge in [0.25, 0.3) is 5.69 Å². The Balaban J connectivity index is 2.06. The van der Waals surface area contributed by atoms with Crippen LogP contribution in [0.3, 0.4) is 0 Å². The topological polar surface area (TPSA) is 151 Å². The number of nitrogens with two attached hydrogens (primary N) is 1. The Hall–Kier alpha value is -3.34. The van der Waals surface area contributed by atoms with Crippen molar-refractivity contribution in [2.24, 2.45) is 10.9 Å². The summed E-state index contributed by atoms with van der Waals surface area (Å²) in [4.78, 5) is 24.5. The number of non-ortho nitro benzene ring substituents is 1. The Bertz CT molecular complexity index is 960. The second kappa shape index (κ2) is 5.46. The monoisotopic (exact) mass is 333 g/mol. The quantitative estimate of drug-likeness (QED) is 0.333. The summed E-state index contributed by atoms with van der Waals surface area (Å²) in [6, 6.07) is 6.77. The van der Waals surface area contributed by atoms with Crippen LogP contribution in [0.5, 0.6) is 0 Å². The van der Waals surface area contributed by atoms with Crippen molar-refractivity contribution in [3.8, 4) is 0 Å². The average Bonchev–Trinajstić information content (AvgIpc) is 3.14. The largest absolute Gasteiger partial charge is 0.433 e. The second-order valence-corrected chi connectivity index (χ2v) is 5.33. The standard InChI is InChI=1S/C12H7N5O5S/c13-15-11(8-3-4-10(22-8)17(20)21)12-14-7-2-1-6(16(18)19)5-9(7)23-12/h1-5H,13H2. The zero-order valence-corrected chi connectivity index (χ0v) is 12.0. The number of rotatable bonds is 4. The van der Waals surface area contributed by atoms with Gasteiger partial charge in [0.2, 0.25) is 0 Å². The van der Waals surface area contributed by atoms with E-state index in [9.17, 15) is 20.2 Å². The lowest BCUT2D eigenvalue weighted by Crippen LogP contribution is -2.04. The normalized spacial score (nSPS) is 11.7. The Morgan fingerprint density at radius 3 is 2.61 bits per heavy atom. The predicted molar refractivity (Wildman–Crippen MR) is 81.5 cm³/mol. The van der Waals surface area contributed by atoms with E-state index >= 15 is 0 Å². The fourth-order valence-corrected chi connectivity index (χ4v) is 2.91. The highest BCUT2D eigenvalue weighted by Gasteiger charge is 2.21. The maximum absolute atomic E-state index is 10.8. The molecule has 3 aromatic rings. The van der Waals surface area contributed by atoms with Crippen molar-refractivity contribution in [3.63, 3.8) is 0 Å². The molecule has 2 heterocycles. The molecule has 0 spiro atoms. The Kier molecular flexibility index (Phi) is 3.46. The minimum atomic E-state index is -0.681. The molecule has 0 radical (unpaired) electrons. The van der Waals surface area contributed by atoms with Gasteiger partial charge in [-0.1, -0.05) is 0 Å². The van der Waals surface area contributed by atoms with Gasteiger partial charge in [-0.2, -0.15) is 5.10 Å². The second-order valence-electron chi connectivity index (χ2n) is 4.30. The van der Waals surface area contributed by atoms with Crippen LogP contribution in [0.25, 0.3) is 10.2 Å². The van der Waals surface area contributed by atoms with Crippen LogP contribution in [-0.4, -0.2) is 20.5 Å². The summed E-state index contributed by atoms with van der Waals surface area (Å²) in [5.41, 5.74) is 0.590. The molecule has 0 aliphatic rings. The maximum atomic E-state index is 10.8. The molecule has 0 bridgehead atoms. The molecule has 2 N–H and O–H groups in total. The van der Waals surface area contributed by atoms with Crippen LogP contribution in [0.2, 0.25) is 0 Å². The van der Waals surface area contributed by atoms with E-state index in [-0.39, 0.29) is 17.2 Å². The minimum Gasteiger partial charge on any atom is -0.399 e. The first kappa shape index (κ1) is 14.6. The van der Waals surface area contributed by atoms with Gasteiger partial charge in [-0.25, -0.2) is 4.98 Å². The highest BCUT2D eigenvalue weighted by Crippen LogP contribution is 2.28. The minimum absolute atomic E-state index is 0.0624. The van der Waals surface area contributed by atoms with Crippen LogP contribution in [0.4, 0.5) is 11.6 Å². The molecule has 11 heteroatoms. The number of furan rings is 1. The van der Waals surface area contributed by atoms with Gasteiger partial charge >= 0.3 is 5.88 Å². The van der Waals surface area contributed by atoms with Crippen molar-refractivity contribution in [1.82, 2.24) is 4.98 Å². The van der Waals surface area contributed by atoms with Crippen LogP contribution in [0, 0.1) is 20.2 Å². The van der Waals surface area contributed by atoms with Crippen molar-refractivity contribution >= 4 is 38.8 Å². The molecule has 0 saturated carbocycles. The number of aromatic nitrogens is 1. The lowest BCUT2D eigenvalue weighted by atomic mass is 10.3. The van der Waals surface area contributed by atoms with Gasteiger partial charge in [0.15, 0.2) is 11.5 Å². The van der Waals surface area contributed by atoms with Crippen molar-refractivity contribution in [2.45, 2.75) is 0 Å². The fourth-order valence-electron chi connectivity index (χ4n) is 1.91. The van der Waals surface area contributed by atoms with E-state index in [2.05, 4.69) is 10.1 Å². The third-order valence-corrected chi connectivity index (χ3v) is 3.94. The van der Waals surface area contributed by atoms with Gasteiger partial charge in [0, 0.05) is 12.1 Å². The van der Waals surface area contributed by atoms with Crippen LogP contribution < -0.4 is 5.84 Å². The number of thiazole rings is 1. The average molecular weight is 333 g/mol. The van der Waals surface area contributed by atoms with Crippen molar-refractivity contribution < 1.29 is 14.3 Å². The van der Waals surface area contributed by atoms with E-state index in [1.165, 1.54) is 30.3 Å². The molecular weight excluding hydrogens is 326 g/mol. The molecule has 0 unspecified atom stereocenters. The Morgan fingerprint density at radius 1 is 1.22 bits per heavy atom. The van der Waals surface area contributed by atoms with E-state index in [1.54, 1.807) is 0 Å². The van der Waals surface area contributed by atoms with Gasteiger partial charge in [0.05, 0.1) is 21.2 Å². The fraction of sp³-hybridized carbons (Fsp3) is 0. The van der Waals surface area contributed by atoms with E-state index in [0.29, 0.717) is 15.2 Å². The molecule has 116 valence electrons. The molecule has 0 aliphatic carbocycles. The molecule has 3 rings (SSSR count). The summed E-state index contributed by atoms with van der Waals surface area (Å²) in [7, 11) is 0. The van der Waals surface area contributed by atoms with E-state index in [1.807, 2.05) is 0 Å². The van der Waals surface area contributed by atoms with Gasteiger partial charge in [0.1, 0.15) is 9.93 Å². The van der Waals surface area contributed by atoms with Gasteiger partial charge in [-0.05, 0) is 12.1 Å². The first-order chi connectivity index (χ1) is 11.0. The summed E-state index contributed by atoms with van der Waals surface area (Å²) in [6.45, 7) is 0. The molecule has 0 fully saturated rings. The summed E-state index contributed by atoms with van der Waals surface area (Å²) >= 11 is 1.12. The number of nitro groups is 2. The molecule has 0 atom stereocenters.